The van der Waals surface area contributed by atoms with Crippen LogP contribution in [0.15, 0.2) is 48.5 Å². The Labute approximate surface area is 186 Å². The number of hydrogen-bond acceptors (Lipinski definition) is 4. The van der Waals surface area contributed by atoms with Crippen LogP contribution in [0, 0.1) is 0 Å². The lowest BCUT2D eigenvalue weighted by Gasteiger charge is -2.21. The van der Waals surface area contributed by atoms with Crippen molar-refractivity contribution in [1.82, 2.24) is 10.2 Å². The summed E-state index contributed by atoms with van der Waals surface area (Å²) in [7, 11) is 0. The Morgan fingerprint density at radius 2 is 1.55 bits per heavy atom. The van der Waals surface area contributed by atoms with Crippen LogP contribution in [0.1, 0.15) is 56.5 Å². The van der Waals surface area contributed by atoms with Crippen molar-refractivity contribution in [2.75, 3.05) is 25.0 Å². The molecule has 168 valence electrons. The SMILES string of the molecule is CCCN(CCC)C(=O)c1ccc(NC(=O)CNCc2ccc(OC(C)C)cc2)cc1. The van der Waals surface area contributed by atoms with E-state index in [9.17, 15) is 9.59 Å². The van der Waals surface area contributed by atoms with E-state index < -0.39 is 0 Å². The van der Waals surface area contributed by atoms with Gasteiger partial charge in [-0.1, -0.05) is 26.0 Å². The standard InChI is InChI=1S/C25H35N3O3/c1-5-15-28(16-6-2)25(30)21-9-11-22(12-10-21)27-24(29)18-26-17-20-7-13-23(14-8-20)31-19(3)4/h7-14,19,26H,5-6,15-18H2,1-4H3,(H,27,29). The van der Waals surface area contributed by atoms with Gasteiger partial charge in [0.25, 0.3) is 5.91 Å². The van der Waals surface area contributed by atoms with Crippen molar-refractivity contribution >= 4 is 17.5 Å². The lowest BCUT2D eigenvalue weighted by molar-refractivity contribution is -0.115. The number of carbonyl (C=O) groups excluding carboxylic acids is 2. The molecule has 0 aliphatic rings. The second-order valence-electron chi connectivity index (χ2n) is 7.83. The van der Waals surface area contributed by atoms with E-state index in [2.05, 4.69) is 24.5 Å². The molecule has 0 aliphatic heterocycles. The van der Waals surface area contributed by atoms with Gasteiger partial charge in [-0.15, -0.1) is 0 Å². The third-order valence-corrected chi connectivity index (χ3v) is 4.60. The zero-order valence-electron chi connectivity index (χ0n) is 19.1. The monoisotopic (exact) mass is 425 g/mol. The first-order chi connectivity index (χ1) is 14.9. The Balaban J connectivity index is 1.79. The number of nitrogens with one attached hydrogen (secondary N) is 2. The van der Waals surface area contributed by atoms with Crippen molar-refractivity contribution in [3.05, 3.63) is 59.7 Å². The number of hydrogen-bond donors (Lipinski definition) is 2. The smallest absolute Gasteiger partial charge is 0.253 e. The summed E-state index contributed by atoms with van der Waals surface area (Å²) < 4.78 is 5.63. The summed E-state index contributed by atoms with van der Waals surface area (Å²) in [5, 5.41) is 6.00. The number of carbonyl (C=O) groups is 2. The van der Waals surface area contributed by atoms with Crippen molar-refractivity contribution in [3.8, 4) is 5.75 Å². The lowest BCUT2D eigenvalue weighted by Crippen LogP contribution is -2.32. The van der Waals surface area contributed by atoms with E-state index in [1.54, 1.807) is 24.3 Å². The predicted molar refractivity (Wildman–Crippen MR) is 125 cm³/mol. The number of nitrogens with zero attached hydrogens (tertiary/aromatic N) is 1. The fourth-order valence-corrected chi connectivity index (χ4v) is 3.22. The molecule has 0 aromatic heterocycles. The highest BCUT2D eigenvalue weighted by atomic mass is 16.5. The molecule has 0 saturated heterocycles. The largest absolute Gasteiger partial charge is 0.491 e. The Kier molecular flexibility index (Phi) is 10.0. The Hall–Kier alpha value is -2.86. The van der Waals surface area contributed by atoms with Crippen LogP contribution in [0.4, 0.5) is 5.69 Å². The Morgan fingerprint density at radius 3 is 2.10 bits per heavy atom. The van der Waals surface area contributed by atoms with E-state index >= 15 is 0 Å². The van der Waals surface area contributed by atoms with Crippen LogP contribution in [-0.4, -0.2) is 42.5 Å². The van der Waals surface area contributed by atoms with Gasteiger partial charge < -0.3 is 20.3 Å². The third-order valence-electron chi connectivity index (χ3n) is 4.60. The average molecular weight is 426 g/mol. The van der Waals surface area contributed by atoms with Crippen molar-refractivity contribution in [1.29, 1.82) is 0 Å². The van der Waals surface area contributed by atoms with Crippen LogP contribution in [0.25, 0.3) is 0 Å². The molecule has 0 radical (unpaired) electrons. The molecular formula is C25H35N3O3. The normalized spacial score (nSPS) is 10.7. The molecule has 0 saturated carbocycles. The van der Waals surface area contributed by atoms with Crippen molar-refractivity contribution in [2.45, 2.75) is 53.2 Å². The van der Waals surface area contributed by atoms with Crippen LogP contribution >= 0.6 is 0 Å². The Morgan fingerprint density at radius 1 is 0.935 bits per heavy atom. The molecule has 0 bridgehead atoms. The maximum atomic E-state index is 12.6. The van der Waals surface area contributed by atoms with Gasteiger partial charge in [0.15, 0.2) is 0 Å². The molecule has 2 rings (SSSR count). The molecule has 0 heterocycles. The second-order valence-corrected chi connectivity index (χ2v) is 7.83. The summed E-state index contributed by atoms with van der Waals surface area (Å²) in [6, 6.07) is 14.9. The molecule has 0 fully saturated rings. The van der Waals surface area contributed by atoms with Crippen LogP contribution in [0.3, 0.4) is 0 Å². The fourth-order valence-electron chi connectivity index (χ4n) is 3.22. The minimum Gasteiger partial charge on any atom is -0.491 e. The molecule has 6 heteroatoms. The number of anilines is 1. The molecule has 0 unspecified atom stereocenters. The van der Waals surface area contributed by atoms with Crippen molar-refractivity contribution in [2.24, 2.45) is 0 Å². The summed E-state index contributed by atoms with van der Waals surface area (Å²) in [5.41, 5.74) is 2.40. The van der Waals surface area contributed by atoms with E-state index in [-0.39, 0.29) is 24.5 Å². The molecule has 31 heavy (non-hydrogen) atoms. The topological polar surface area (TPSA) is 70.7 Å². The van der Waals surface area contributed by atoms with Crippen molar-refractivity contribution in [3.63, 3.8) is 0 Å². The second kappa shape index (κ2) is 12.7. The van der Waals surface area contributed by atoms with Crippen LogP contribution in [-0.2, 0) is 11.3 Å². The van der Waals surface area contributed by atoms with Gasteiger partial charge in [-0.2, -0.15) is 0 Å². The van der Waals surface area contributed by atoms with Gasteiger partial charge in [-0.25, -0.2) is 0 Å². The van der Waals surface area contributed by atoms with Gasteiger partial charge in [-0.05, 0) is 68.7 Å². The number of amides is 2. The maximum Gasteiger partial charge on any atom is 0.253 e. The van der Waals surface area contributed by atoms with E-state index in [0.717, 1.165) is 37.2 Å². The van der Waals surface area contributed by atoms with Gasteiger partial charge in [0.05, 0.1) is 12.6 Å². The van der Waals surface area contributed by atoms with Crippen molar-refractivity contribution < 1.29 is 14.3 Å². The summed E-state index contributed by atoms with van der Waals surface area (Å²) in [4.78, 5) is 26.7. The van der Waals surface area contributed by atoms with E-state index in [4.69, 9.17) is 4.74 Å². The molecule has 2 aromatic rings. The quantitative estimate of drug-likeness (QED) is 0.527. The molecular weight excluding hydrogens is 390 g/mol. The van der Waals surface area contributed by atoms with Gasteiger partial charge in [-0.3, -0.25) is 9.59 Å². The summed E-state index contributed by atoms with van der Waals surface area (Å²) in [6.07, 6.45) is 2.01. The number of benzene rings is 2. The predicted octanol–water partition coefficient (Wildman–Crippen LogP) is 4.46. The van der Waals surface area contributed by atoms with E-state index in [0.29, 0.717) is 17.8 Å². The maximum absolute atomic E-state index is 12.6. The molecule has 2 amide bonds. The summed E-state index contributed by atoms with van der Waals surface area (Å²) in [6.45, 7) is 10.4. The average Bonchev–Trinajstić information content (AvgIpc) is 2.74. The zero-order chi connectivity index (χ0) is 22.6. The van der Waals surface area contributed by atoms with Gasteiger partial charge in [0.1, 0.15) is 5.75 Å². The highest BCUT2D eigenvalue weighted by molar-refractivity contribution is 5.96. The van der Waals surface area contributed by atoms with Crippen LogP contribution in [0.5, 0.6) is 5.75 Å². The molecule has 0 spiro atoms. The molecule has 6 nitrogen and oxygen atoms in total. The molecule has 0 aliphatic carbocycles. The minimum absolute atomic E-state index is 0.0352. The molecule has 2 N–H and O–H groups in total. The first-order valence-electron chi connectivity index (χ1n) is 11.1. The van der Waals surface area contributed by atoms with Gasteiger partial charge in [0.2, 0.25) is 5.91 Å². The van der Waals surface area contributed by atoms with E-state index in [1.807, 2.05) is 43.0 Å². The summed E-state index contributed by atoms with van der Waals surface area (Å²) >= 11 is 0. The van der Waals surface area contributed by atoms with Gasteiger partial charge >= 0.3 is 0 Å². The van der Waals surface area contributed by atoms with Crippen LogP contribution in [0.2, 0.25) is 0 Å². The van der Waals surface area contributed by atoms with E-state index in [1.165, 1.54) is 0 Å². The number of rotatable bonds is 12. The Bertz CT molecular complexity index is 811. The third kappa shape index (κ3) is 8.42. The number of ether oxygens (including phenoxy) is 1. The fraction of sp³-hybridized carbons (Fsp3) is 0.440. The first kappa shape index (κ1) is 24.4. The highest BCUT2D eigenvalue weighted by Gasteiger charge is 2.14. The lowest BCUT2D eigenvalue weighted by atomic mass is 10.1. The molecule has 2 aromatic carbocycles. The zero-order valence-corrected chi connectivity index (χ0v) is 19.1. The highest BCUT2D eigenvalue weighted by Crippen LogP contribution is 2.14. The van der Waals surface area contributed by atoms with Crippen LogP contribution < -0.4 is 15.4 Å². The summed E-state index contributed by atoms with van der Waals surface area (Å²) in [5.74, 6) is 0.747. The minimum atomic E-state index is -0.127. The molecule has 0 atom stereocenters. The first-order valence-corrected chi connectivity index (χ1v) is 11.1. The van der Waals surface area contributed by atoms with Gasteiger partial charge in [0, 0.05) is 30.9 Å².